The van der Waals surface area contributed by atoms with E-state index in [4.69, 9.17) is 28.3 Å². The molecule has 2 unspecified atom stereocenters. The van der Waals surface area contributed by atoms with E-state index in [9.17, 15) is 18.4 Å². The lowest BCUT2D eigenvalue weighted by molar-refractivity contribution is -0.137. The van der Waals surface area contributed by atoms with Crippen LogP contribution in [0.15, 0.2) is 42.5 Å². The molecular weight excluding hydrogens is 435 g/mol. The third-order valence-electron chi connectivity index (χ3n) is 5.34. The second kappa shape index (κ2) is 9.31. The van der Waals surface area contributed by atoms with Gasteiger partial charge in [0.25, 0.3) is 0 Å². The topological polar surface area (TPSA) is 66.4 Å². The van der Waals surface area contributed by atoms with Gasteiger partial charge in [0.05, 0.1) is 16.6 Å². The third-order valence-corrected chi connectivity index (χ3v) is 5.92. The Morgan fingerprint density at radius 2 is 1.87 bits per heavy atom. The molecule has 1 amide bonds. The maximum absolute atomic E-state index is 13.9. The Morgan fingerprint density at radius 3 is 2.47 bits per heavy atom. The quantitative estimate of drug-likeness (QED) is 0.524. The highest BCUT2D eigenvalue weighted by Crippen LogP contribution is 2.46. The molecule has 3 rings (SSSR count). The number of nitrogens with one attached hydrogen (secondary N) is 1. The van der Waals surface area contributed by atoms with Crippen molar-refractivity contribution in [3.05, 3.63) is 63.6 Å². The van der Waals surface area contributed by atoms with E-state index >= 15 is 0 Å². The lowest BCUT2D eigenvalue weighted by Crippen LogP contribution is -2.27. The Balaban J connectivity index is 1.85. The summed E-state index contributed by atoms with van der Waals surface area (Å²) in [7, 11) is 0. The van der Waals surface area contributed by atoms with Crippen molar-refractivity contribution in [3.8, 4) is 0 Å². The van der Waals surface area contributed by atoms with Gasteiger partial charge in [-0.1, -0.05) is 41.4 Å². The molecule has 0 saturated heterocycles. The number of benzene rings is 2. The largest absolute Gasteiger partial charge is 0.481 e. The molecule has 2 aromatic rings. The second-order valence-electron chi connectivity index (χ2n) is 7.59. The van der Waals surface area contributed by atoms with E-state index in [1.54, 1.807) is 42.5 Å². The Bertz CT molecular complexity index is 934. The summed E-state index contributed by atoms with van der Waals surface area (Å²) >= 11 is 12.2. The van der Waals surface area contributed by atoms with Crippen molar-refractivity contribution in [2.45, 2.75) is 43.9 Å². The van der Waals surface area contributed by atoms with Crippen molar-refractivity contribution in [2.24, 2.45) is 5.92 Å². The zero-order valence-corrected chi connectivity index (χ0v) is 17.5. The highest BCUT2D eigenvalue weighted by Gasteiger charge is 2.45. The summed E-state index contributed by atoms with van der Waals surface area (Å²) in [5.74, 6) is -5.45. The lowest BCUT2D eigenvalue weighted by Gasteiger charge is -2.24. The second-order valence-corrected chi connectivity index (χ2v) is 8.43. The molecule has 0 spiro atoms. The lowest BCUT2D eigenvalue weighted by atomic mass is 9.84. The molecule has 1 fully saturated rings. The van der Waals surface area contributed by atoms with Crippen LogP contribution in [0.4, 0.5) is 14.5 Å². The van der Waals surface area contributed by atoms with Gasteiger partial charge in [-0.25, -0.2) is 8.78 Å². The molecule has 0 heterocycles. The first-order valence-corrected chi connectivity index (χ1v) is 10.3. The summed E-state index contributed by atoms with van der Waals surface area (Å²) in [4.78, 5) is 24.0. The number of carbonyl (C=O) groups excluding carboxylic acids is 1. The van der Waals surface area contributed by atoms with E-state index in [-0.39, 0.29) is 37.1 Å². The third kappa shape index (κ3) is 5.70. The van der Waals surface area contributed by atoms with Crippen LogP contribution in [-0.4, -0.2) is 22.9 Å². The molecule has 1 aliphatic carbocycles. The van der Waals surface area contributed by atoms with Crippen molar-refractivity contribution >= 4 is 40.8 Å². The number of halogens is 4. The number of carboxylic acids is 1. The van der Waals surface area contributed by atoms with Gasteiger partial charge in [-0.2, -0.15) is 0 Å². The summed E-state index contributed by atoms with van der Waals surface area (Å²) in [5, 5.41) is 12.4. The van der Waals surface area contributed by atoms with Crippen LogP contribution in [0, 0.1) is 5.92 Å². The number of carbonyl (C=O) groups is 2. The summed E-state index contributed by atoms with van der Waals surface area (Å²) < 4.78 is 27.7. The standard InChI is InChI=1S/C22H21Cl2F2NO3/c23-16-5-3-14(4-6-16)20(15-9-10-22(25,26)12-15)21(30)27-18-11-13(1-7-17(18)24)2-8-19(28)29/h1,3-7,11,15,20H,2,8-10,12H2,(H,27,30)(H,28,29). The Kier molecular flexibility index (Phi) is 6.98. The van der Waals surface area contributed by atoms with Crippen LogP contribution in [-0.2, 0) is 16.0 Å². The minimum Gasteiger partial charge on any atom is -0.481 e. The first kappa shape index (κ1) is 22.5. The van der Waals surface area contributed by atoms with Crippen molar-refractivity contribution in [1.29, 1.82) is 0 Å². The molecule has 30 heavy (non-hydrogen) atoms. The number of amides is 1. The summed E-state index contributed by atoms with van der Waals surface area (Å²) in [6.07, 6.45) is -0.148. The number of hydrogen-bond donors (Lipinski definition) is 2. The highest BCUT2D eigenvalue weighted by molar-refractivity contribution is 6.33. The van der Waals surface area contributed by atoms with Gasteiger partial charge < -0.3 is 10.4 Å². The number of carboxylic acid groups (broad SMARTS) is 1. The predicted molar refractivity (Wildman–Crippen MR) is 113 cm³/mol. The number of rotatable bonds is 7. The predicted octanol–water partition coefficient (Wildman–Crippen LogP) is 6.17. The fraction of sp³-hybridized carbons (Fsp3) is 0.364. The van der Waals surface area contributed by atoms with E-state index in [1.807, 2.05) is 0 Å². The van der Waals surface area contributed by atoms with Gasteiger partial charge >= 0.3 is 5.97 Å². The molecule has 0 aromatic heterocycles. The molecule has 2 N–H and O–H groups in total. The maximum atomic E-state index is 13.9. The van der Waals surface area contributed by atoms with Gasteiger partial charge in [0, 0.05) is 24.3 Å². The smallest absolute Gasteiger partial charge is 0.303 e. The van der Waals surface area contributed by atoms with E-state index in [2.05, 4.69) is 5.32 Å². The molecule has 0 aliphatic heterocycles. The van der Waals surface area contributed by atoms with Gasteiger partial charge in [-0.15, -0.1) is 0 Å². The average Bonchev–Trinajstić information content (AvgIpc) is 3.03. The molecule has 0 radical (unpaired) electrons. The SMILES string of the molecule is O=C(O)CCc1ccc(Cl)c(NC(=O)C(c2ccc(Cl)cc2)C2CCC(F)(F)C2)c1. The number of anilines is 1. The molecule has 2 atom stereocenters. The molecule has 1 aliphatic rings. The molecular formula is C22H21Cl2F2NO3. The van der Waals surface area contributed by atoms with E-state index in [0.29, 0.717) is 21.8 Å². The zero-order chi connectivity index (χ0) is 21.9. The minimum absolute atomic E-state index is 0.0560. The number of alkyl halides is 2. The molecule has 8 heteroatoms. The van der Waals surface area contributed by atoms with Gasteiger partial charge in [-0.3, -0.25) is 9.59 Å². The average molecular weight is 456 g/mol. The van der Waals surface area contributed by atoms with Crippen LogP contribution >= 0.6 is 23.2 Å². The monoisotopic (exact) mass is 455 g/mol. The number of aryl methyl sites for hydroxylation is 1. The van der Waals surface area contributed by atoms with Crippen LogP contribution in [0.25, 0.3) is 0 Å². The highest BCUT2D eigenvalue weighted by atomic mass is 35.5. The maximum Gasteiger partial charge on any atom is 0.303 e. The van der Waals surface area contributed by atoms with Gasteiger partial charge in [-0.05, 0) is 54.2 Å². The zero-order valence-electron chi connectivity index (χ0n) is 16.0. The first-order chi connectivity index (χ1) is 14.1. The molecule has 2 aromatic carbocycles. The summed E-state index contributed by atoms with van der Waals surface area (Å²) in [5.41, 5.74) is 1.64. The number of aliphatic carboxylic acids is 1. The Labute approximate surface area is 183 Å². The molecule has 160 valence electrons. The fourth-order valence-electron chi connectivity index (χ4n) is 3.86. The van der Waals surface area contributed by atoms with Crippen LogP contribution < -0.4 is 5.32 Å². The van der Waals surface area contributed by atoms with Crippen LogP contribution in [0.1, 0.15) is 42.7 Å². The molecule has 0 bridgehead atoms. The van der Waals surface area contributed by atoms with Crippen molar-refractivity contribution in [3.63, 3.8) is 0 Å². The van der Waals surface area contributed by atoms with E-state index in [0.717, 1.165) is 0 Å². The van der Waals surface area contributed by atoms with Gasteiger partial charge in [0.2, 0.25) is 11.8 Å². The normalized spacial score (nSPS) is 18.7. The van der Waals surface area contributed by atoms with Crippen molar-refractivity contribution < 1.29 is 23.5 Å². The Morgan fingerprint density at radius 1 is 1.17 bits per heavy atom. The number of hydrogen-bond acceptors (Lipinski definition) is 2. The minimum atomic E-state index is -2.79. The van der Waals surface area contributed by atoms with E-state index in [1.165, 1.54) is 0 Å². The van der Waals surface area contributed by atoms with E-state index < -0.39 is 29.6 Å². The van der Waals surface area contributed by atoms with Gasteiger partial charge in [0.15, 0.2) is 0 Å². The van der Waals surface area contributed by atoms with Crippen LogP contribution in [0.2, 0.25) is 10.0 Å². The van der Waals surface area contributed by atoms with Gasteiger partial charge in [0.1, 0.15) is 0 Å². The van der Waals surface area contributed by atoms with Crippen molar-refractivity contribution in [2.75, 3.05) is 5.32 Å². The Hall–Kier alpha value is -2.18. The van der Waals surface area contributed by atoms with Crippen molar-refractivity contribution in [1.82, 2.24) is 0 Å². The van der Waals surface area contributed by atoms with Crippen LogP contribution in [0.5, 0.6) is 0 Å². The summed E-state index contributed by atoms with van der Waals surface area (Å²) in [6.45, 7) is 0. The molecule has 1 saturated carbocycles. The summed E-state index contributed by atoms with van der Waals surface area (Å²) in [6, 6.07) is 11.5. The molecule has 4 nitrogen and oxygen atoms in total. The fourth-order valence-corrected chi connectivity index (χ4v) is 4.15. The first-order valence-electron chi connectivity index (χ1n) is 9.59. The van der Waals surface area contributed by atoms with Crippen LogP contribution in [0.3, 0.4) is 0 Å².